The maximum Gasteiger partial charge on any atom is 0.265 e. The van der Waals surface area contributed by atoms with Crippen LogP contribution >= 0.6 is 0 Å². The highest BCUT2D eigenvalue weighted by atomic mass is 19.3. The quantitative estimate of drug-likeness (QED) is 0.391. The van der Waals surface area contributed by atoms with Gasteiger partial charge in [-0.25, -0.2) is 23.1 Å². The predicted molar refractivity (Wildman–Crippen MR) is 104 cm³/mol. The molecule has 0 fully saturated rings. The summed E-state index contributed by atoms with van der Waals surface area (Å²) in [5.74, 6) is 0.277. The minimum absolute atomic E-state index is 0.0727. The van der Waals surface area contributed by atoms with Crippen molar-refractivity contribution in [2.45, 2.75) is 13.0 Å². The Morgan fingerprint density at radius 1 is 1.00 bits per heavy atom. The molecule has 0 aliphatic rings. The SMILES string of the molecule is Cn1nnc(-c2ccc(C(F)F)cn2)c1COc1ccc(-c2cnc3nonc3c2)nn1. The Bertz CT molecular complexity index is 1370. The zero-order valence-corrected chi connectivity index (χ0v) is 16.4. The fraction of sp³-hybridized carbons (Fsp3) is 0.158. The summed E-state index contributed by atoms with van der Waals surface area (Å²) in [4.78, 5) is 8.20. The normalized spacial score (nSPS) is 11.4. The van der Waals surface area contributed by atoms with Crippen LogP contribution in [0.1, 0.15) is 17.7 Å². The molecule has 0 bridgehead atoms. The topological polar surface area (TPSA) is 130 Å². The molecule has 0 N–H and O–H groups in total. The van der Waals surface area contributed by atoms with Crippen LogP contribution < -0.4 is 4.74 Å². The van der Waals surface area contributed by atoms with Crippen molar-refractivity contribution in [3.8, 4) is 28.5 Å². The van der Waals surface area contributed by atoms with E-state index in [9.17, 15) is 8.78 Å². The third kappa shape index (κ3) is 3.71. The van der Waals surface area contributed by atoms with Gasteiger partial charge in [-0.3, -0.25) is 4.98 Å². The number of nitrogens with zero attached hydrogens (tertiary/aromatic N) is 9. The molecule has 0 unspecified atom stereocenters. The number of aromatic nitrogens is 9. The average Bonchev–Trinajstić information content (AvgIpc) is 3.44. The van der Waals surface area contributed by atoms with Crippen LogP contribution in [-0.2, 0) is 13.7 Å². The fourth-order valence-electron chi connectivity index (χ4n) is 2.93. The summed E-state index contributed by atoms with van der Waals surface area (Å²) in [7, 11) is 1.69. The van der Waals surface area contributed by atoms with E-state index >= 15 is 0 Å². The molecule has 0 amide bonds. The number of ether oxygens (including phenoxy) is 1. The molecule has 0 aliphatic heterocycles. The van der Waals surface area contributed by atoms with Crippen molar-refractivity contribution in [3.05, 3.63) is 54.0 Å². The molecule has 5 heterocycles. The first-order chi connectivity index (χ1) is 15.6. The van der Waals surface area contributed by atoms with Gasteiger partial charge in [-0.15, -0.1) is 15.3 Å². The highest BCUT2D eigenvalue weighted by molar-refractivity contribution is 5.75. The molecule has 0 saturated carbocycles. The lowest BCUT2D eigenvalue weighted by Gasteiger charge is -2.07. The number of fused-ring (bicyclic) bond motifs is 1. The van der Waals surface area contributed by atoms with Gasteiger partial charge in [0.25, 0.3) is 6.43 Å². The van der Waals surface area contributed by atoms with Crippen molar-refractivity contribution in [3.63, 3.8) is 0 Å². The van der Waals surface area contributed by atoms with Gasteiger partial charge in [0.05, 0.1) is 11.4 Å². The first-order valence-corrected chi connectivity index (χ1v) is 9.27. The Hall–Kier alpha value is -4.42. The second-order valence-electron chi connectivity index (χ2n) is 6.66. The molecule has 5 rings (SSSR count). The Morgan fingerprint density at radius 2 is 1.88 bits per heavy atom. The molecule has 0 aromatic carbocycles. The van der Waals surface area contributed by atoms with Crippen LogP contribution in [0, 0.1) is 0 Å². The van der Waals surface area contributed by atoms with Crippen molar-refractivity contribution in [2.75, 3.05) is 0 Å². The molecule has 5 aromatic heterocycles. The number of pyridine rings is 2. The van der Waals surface area contributed by atoms with E-state index < -0.39 is 6.43 Å². The highest BCUT2D eigenvalue weighted by Crippen LogP contribution is 2.24. The van der Waals surface area contributed by atoms with Crippen LogP contribution in [0.5, 0.6) is 5.88 Å². The van der Waals surface area contributed by atoms with Crippen LogP contribution in [-0.4, -0.2) is 45.5 Å². The second kappa shape index (κ2) is 8.02. The molecule has 0 radical (unpaired) electrons. The van der Waals surface area contributed by atoms with Gasteiger partial charge < -0.3 is 4.74 Å². The van der Waals surface area contributed by atoms with Gasteiger partial charge in [-0.2, -0.15) is 0 Å². The van der Waals surface area contributed by atoms with Crippen molar-refractivity contribution in [1.29, 1.82) is 0 Å². The van der Waals surface area contributed by atoms with Crippen molar-refractivity contribution in [2.24, 2.45) is 7.05 Å². The minimum atomic E-state index is -2.59. The maximum atomic E-state index is 12.8. The predicted octanol–water partition coefficient (Wildman–Crippen LogP) is 2.78. The molecule has 11 nitrogen and oxygen atoms in total. The summed E-state index contributed by atoms with van der Waals surface area (Å²) >= 11 is 0. The average molecular weight is 437 g/mol. The molecule has 160 valence electrons. The molecule has 0 saturated heterocycles. The van der Waals surface area contributed by atoms with Crippen LogP contribution in [0.3, 0.4) is 0 Å². The van der Waals surface area contributed by atoms with Crippen LogP contribution in [0.4, 0.5) is 8.78 Å². The molecule has 13 heteroatoms. The fourth-order valence-corrected chi connectivity index (χ4v) is 2.93. The van der Waals surface area contributed by atoms with Gasteiger partial charge in [0, 0.05) is 36.6 Å². The lowest BCUT2D eigenvalue weighted by molar-refractivity contribution is 0.151. The summed E-state index contributed by atoms with van der Waals surface area (Å²) < 4.78 is 37.4. The number of aryl methyl sites for hydroxylation is 1. The Labute approximate surface area is 178 Å². The van der Waals surface area contributed by atoms with E-state index in [1.54, 1.807) is 31.4 Å². The number of alkyl halides is 2. The van der Waals surface area contributed by atoms with Gasteiger partial charge in [0.15, 0.2) is 5.52 Å². The van der Waals surface area contributed by atoms with E-state index in [0.29, 0.717) is 39.5 Å². The van der Waals surface area contributed by atoms with Gasteiger partial charge in [-0.05, 0) is 34.6 Å². The van der Waals surface area contributed by atoms with E-state index in [0.717, 1.165) is 6.20 Å². The summed E-state index contributed by atoms with van der Waals surface area (Å²) in [6.07, 6.45) is 0.120. The monoisotopic (exact) mass is 437 g/mol. The molecule has 5 aromatic rings. The first-order valence-electron chi connectivity index (χ1n) is 9.27. The maximum absolute atomic E-state index is 12.8. The molecule has 0 atom stereocenters. The molecular formula is C19H13F2N9O2. The zero-order chi connectivity index (χ0) is 22.1. The van der Waals surface area contributed by atoms with E-state index in [4.69, 9.17) is 4.74 Å². The lowest BCUT2D eigenvalue weighted by atomic mass is 10.2. The molecule has 32 heavy (non-hydrogen) atoms. The van der Waals surface area contributed by atoms with Crippen LogP contribution in [0.15, 0.2) is 47.4 Å². The summed E-state index contributed by atoms with van der Waals surface area (Å²) in [5, 5.41) is 23.7. The summed E-state index contributed by atoms with van der Waals surface area (Å²) in [6.45, 7) is 0.0727. The second-order valence-corrected chi connectivity index (χ2v) is 6.66. The van der Waals surface area contributed by atoms with Crippen molar-refractivity contribution < 1.29 is 18.1 Å². The highest BCUT2D eigenvalue weighted by Gasteiger charge is 2.16. The minimum Gasteiger partial charge on any atom is -0.470 e. The third-order valence-corrected chi connectivity index (χ3v) is 4.63. The third-order valence-electron chi connectivity index (χ3n) is 4.63. The number of hydrogen-bond donors (Lipinski definition) is 0. The molecule has 0 aliphatic carbocycles. The Morgan fingerprint density at radius 3 is 2.62 bits per heavy atom. The number of rotatable bonds is 6. The smallest absolute Gasteiger partial charge is 0.265 e. The number of hydrogen-bond acceptors (Lipinski definition) is 10. The largest absolute Gasteiger partial charge is 0.470 e. The van der Waals surface area contributed by atoms with Gasteiger partial charge in [0.2, 0.25) is 11.5 Å². The summed E-state index contributed by atoms with van der Waals surface area (Å²) in [5.41, 5.74) is 3.45. The van der Waals surface area contributed by atoms with Crippen molar-refractivity contribution in [1.82, 2.24) is 45.5 Å². The van der Waals surface area contributed by atoms with Crippen LogP contribution in [0.25, 0.3) is 33.8 Å². The Balaban J connectivity index is 1.32. The van der Waals surface area contributed by atoms with Gasteiger partial charge in [-0.1, -0.05) is 5.21 Å². The first kappa shape index (κ1) is 19.5. The standard InChI is InChI=1S/C19H13F2N9O2/c1-30-15(17(26-29-30)13-3-2-10(7-22-13)18(20)21)9-31-16-5-4-12(24-25-16)11-6-14-19(23-8-11)28-32-27-14/h2-8,18H,9H2,1H3. The van der Waals surface area contributed by atoms with Crippen molar-refractivity contribution >= 4 is 11.2 Å². The Kier molecular flexibility index (Phi) is 4.89. The van der Waals surface area contributed by atoms with E-state index in [1.165, 1.54) is 16.8 Å². The van der Waals surface area contributed by atoms with E-state index in [-0.39, 0.29) is 18.1 Å². The molecular weight excluding hydrogens is 424 g/mol. The van der Waals surface area contributed by atoms with Gasteiger partial charge in [0.1, 0.15) is 18.0 Å². The number of halogens is 2. The summed E-state index contributed by atoms with van der Waals surface area (Å²) in [6, 6.07) is 7.90. The van der Waals surface area contributed by atoms with E-state index in [1.807, 2.05) is 0 Å². The van der Waals surface area contributed by atoms with Crippen LogP contribution in [0.2, 0.25) is 0 Å². The van der Waals surface area contributed by atoms with E-state index in [2.05, 4.69) is 45.4 Å². The zero-order valence-electron chi connectivity index (χ0n) is 16.4. The van der Waals surface area contributed by atoms with Gasteiger partial charge >= 0.3 is 0 Å². The lowest BCUT2D eigenvalue weighted by Crippen LogP contribution is -2.06. The molecule has 0 spiro atoms.